The third kappa shape index (κ3) is 5.96. The Labute approximate surface area is 172 Å². The molecule has 0 saturated carbocycles. The number of carbonyl (C=O) groups excluding carboxylic acids is 1. The van der Waals surface area contributed by atoms with Gasteiger partial charge < -0.3 is 4.90 Å². The highest BCUT2D eigenvalue weighted by molar-refractivity contribution is 8.00. The lowest BCUT2D eigenvalue weighted by Crippen LogP contribution is -2.31. The second-order valence-electron chi connectivity index (χ2n) is 5.83. The van der Waals surface area contributed by atoms with Gasteiger partial charge in [0.05, 0.1) is 10.8 Å². The van der Waals surface area contributed by atoms with E-state index in [0.29, 0.717) is 23.1 Å². The Morgan fingerprint density at radius 2 is 1.74 bits per heavy atom. The molecule has 1 amide bonds. The summed E-state index contributed by atoms with van der Waals surface area (Å²) in [5.74, 6) is 0.280. The zero-order chi connectivity index (χ0) is 19.1. The Bertz CT molecular complexity index is 853. The van der Waals surface area contributed by atoms with Crippen molar-refractivity contribution in [1.29, 1.82) is 0 Å². The third-order valence-corrected chi connectivity index (χ3v) is 5.53. The van der Waals surface area contributed by atoms with Crippen LogP contribution in [0.25, 0.3) is 0 Å². The summed E-state index contributed by atoms with van der Waals surface area (Å²) in [6, 6.07) is 12.9. The van der Waals surface area contributed by atoms with Gasteiger partial charge in [-0.3, -0.25) is 14.8 Å². The van der Waals surface area contributed by atoms with Crippen LogP contribution >= 0.6 is 35.0 Å². The van der Waals surface area contributed by atoms with Crippen LogP contribution in [0.1, 0.15) is 11.1 Å². The fraction of sp³-hybridized carbons (Fsp3) is 0.150. The fourth-order valence-electron chi connectivity index (χ4n) is 2.47. The number of benzene rings is 1. The van der Waals surface area contributed by atoms with E-state index < -0.39 is 0 Å². The zero-order valence-electron chi connectivity index (χ0n) is 14.4. The van der Waals surface area contributed by atoms with Crippen LogP contribution in [0, 0.1) is 0 Å². The van der Waals surface area contributed by atoms with Gasteiger partial charge >= 0.3 is 0 Å². The van der Waals surface area contributed by atoms with E-state index in [2.05, 4.69) is 9.97 Å². The number of amides is 1. The molecule has 0 radical (unpaired) electrons. The first-order valence-corrected chi connectivity index (χ1v) is 9.99. The average Bonchev–Trinajstić information content (AvgIpc) is 2.69. The van der Waals surface area contributed by atoms with Gasteiger partial charge in [-0.15, -0.1) is 11.8 Å². The highest BCUT2D eigenvalue weighted by Crippen LogP contribution is 2.30. The van der Waals surface area contributed by atoms with Gasteiger partial charge in [-0.2, -0.15) is 0 Å². The molecule has 0 spiro atoms. The Balaban J connectivity index is 1.72. The first-order valence-electron chi connectivity index (χ1n) is 8.25. The molecule has 0 N–H and O–H groups in total. The summed E-state index contributed by atoms with van der Waals surface area (Å²) in [6.45, 7) is 0.985. The maximum Gasteiger partial charge on any atom is 0.233 e. The van der Waals surface area contributed by atoms with Crippen LogP contribution in [0.3, 0.4) is 0 Å². The van der Waals surface area contributed by atoms with Gasteiger partial charge in [0.2, 0.25) is 5.91 Å². The first-order chi connectivity index (χ1) is 13.1. The summed E-state index contributed by atoms with van der Waals surface area (Å²) >= 11 is 13.6. The molecule has 0 saturated heterocycles. The molecule has 0 aliphatic rings. The molecule has 0 aliphatic carbocycles. The van der Waals surface area contributed by atoms with Crippen molar-refractivity contribution in [2.24, 2.45) is 0 Å². The lowest BCUT2D eigenvalue weighted by atomic mass is 10.2. The predicted molar refractivity (Wildman–Crippen MR) is 110 cm³/mol. The molecule has 138 valence electrons. The van der Waals surface area contributed by atoms with Gasteiger partial charge in [0, 0.05) is 47.8 Å². The van der Waals surface area contributed by atoms with Crippen LogP contribution < -0.4 is 0 Å². The Morgan fingerprint density at radius 3 is 2.48 bits per heavy atom. The SMILES string of the molecule is O=C(CSc1cc(Cl)ccc1Cl)N(Cc1ccncc1)Cc1cccnc1. The molecule has 2 aromatic heterocycles. The molecule has 1 aromatic carbocycles. The second-order valence-corrected chi connectivity index (χ2v) is 7.69. The summed E-state index contributed by atoms with van der Waals surface area (Å²) < 4.78 is 0. The van der Waals surface area contributed by atoms with Crippen molar-refractivity contribution in [3.63, 3.8) is 0 Å². The molecule has 4 nitrogen and oxygen atoms in total. The van der Waals surface area contributed by atoms with Gasteiger partial charge in [0.15, 0.2) is 0 Å². The number of aromatic nitrogens is 2. The Morgan fingerprint density at radius 1 is 0.963 bits per heavy atom. The monoisotopic (exact) mass is 417 g/mol. The van der Waals surface area contributed by atoms with Crippen LogP contribution in [0.5, 0.6) is 0 Å². The van der Waals surface area contributed by atoms with Crippen molar-refractivity contribution in [3.8, 4) is 0 Å². The van der Waals surface area contributed by atoms with E-state index in [1.165, 1.54) is 11.8 Å². The van der Waals surface area contributed by atoms with Crippen LogP contribution in [0.2, 0.25) is 10.0 Å². The van der Waals surface area contributed by atoms with Gasteiger partial charge in [0.25, 0.3) is 0 Å². The van der Waals surface area contributed by atoms with E-state index in [1.54, 1.807) is 47.9 Å². The van der Waals surface area contributed by atoms with E-state index >= 15 is 0 Å². The summed E-state index contributed by atoms with van der Waals surface area (Å²) in [6.07, 6.45) is 6.94. The fourth-order valence-corrected chi connectivity index (χ4v) is 3.87. The normalized spacial score (nSPS) is 10.6. The summed E-state index contributed by atoms with van der Waals surface area (Å²) in [5.41, 5.74) is 2.00. The topological polar surface area (TPSA) is 46.1 Å². The largest absolute Gasteiger partial charge is 0.333 e. The highest BCUT2D eigenvalue weighted by Gasteiger charge is 2.16. The maximum absolute atomic E-state index is 12.9. The van der Waals surface area contributed by atoms with E-state index in [9.17, 15) is 4.79 Å². The standard InChI is InChI=1S/C20H17Cl2N3OS/c21-17-3-4-18(22)19(10-17)27-14-20(26)25(12-15-5-8-23-9-6-15)13-16-2-1-7-24-11-16/h1-11H,12-14H2. The van der Waals surface area contributed by atoms with E-state index in [0.717, 1.165) is 16.0 Å². The van der Waals surface area contributed by atoms with Crippen molar-refractivity contribution in [2.75, 3.05) is 5.75 Å². The molecule has 3 aromatic rings. The van der Waals surface area contributed by atoms with Gasteiger partial charge in [0.1, 0.15) is 0 Å². The predicted octanol–water partition coefficient (Wildman–Crippen LogP) is 5.10. The molecule has 3 rings (SSSR count). The number of halogens is 2. The molecule has 0 unspecified atom stereocenters. The summed E-state index contributed by atoms with van der Waals surface area (Å²) in [5, 5.41) is 1.18. The zero-order valence-corrected chi connectivity index (χ0v) is 16.7. The second kappa shape index (κ2) is 9.74. The molecular formula is C20H17Cl2N3OS. The van der Waals surface area contributed by atoms with Crippen molar-refractivity contribution < 1.29 is 4.79 Å². The lowest BCUT2D eigenvalue weighted by molar-refractivity contribution is -0.129. The number of thioether (sulfide) groups is 1. The number of rotatable bonds is 7. The quantitative estimate of drug-likeness (QED) is 0.501. The van der Waals surface area contributed by atoms with Gasteiger partial charge in [-0.1, -0.05) is 29.3 Å². The number of pyridine rings is 2. The van der Waals surface area contributed by atoms with E-state index in [4.69, 9.17) is 23.2 Å². The summed E-state index contributed by atoms with van der Waals surface area (Å²) in [7, 11) is 0. The van der Waals surface area contributed by atoms with Crippen molar-refractivity contribution in [2.45, 2.75) is 18.0 Å². The van der Waals surface area contributed by atoms with Gasteiger partial charge in [-0.05, 0) is 47.5 Å². The molecule has 0 fully saturated rings. The maximum atomic E-state index is 12.9. The first kappa shape index (κ1) is 19.7. The average molecular weight is 418 g/mol. The van der Waals surface area contributed by atoms with Crippen molar-refractivity contribution in [3.05, 3.63) is 88.4 Å². The minimum Gasteiger partial charge on any atom is -0.333 e. The number of carbonyl (C=O) groups is 1. The number of nitrogens with zero attached hydrogens (tertiary/aromatic N) is 3. The summed E-state index contributed by atoms with van der Waals surface area (Å²) in [4.78, 5) is 23.7. The minimum absolute atomic E-state index is 0.0108. The molecule has 2 heterocycles. The molecule has 27 heavy (non-hydrogen) atoms. The minimum atomic E-state index is 0.0108. The van der Waals surface area contributed by atoms with Crippen molar-refractivity contribution >= 4 is 40.9 Å². The molecule has 0 bridgehead atoms. The molecule has 0 atom stereocenters. The molecule has 7 heteroatoms. The number of hydrogen-bond acceptors (Lipinski definition) is 4. The third-order valence-electron chi connectivity index (χ3n) is 3.82. The van der Waals surface area contributed by atoms with Crippen molar-refractivity contribution in [1.82, 2.24) is 14.9 Å². The van der Waals surface area contributed by atoms with E-state index in [1.807, 2.05) is 24.3 Å². The highest BCUT2D eigenvalue weighted by atomic mass is 35.5. The van der Waals surface area contributed by atoms with Crippen LogP contribution in [0.4, 0.5) is 0 Å². The smallest absolute Gasteiger partial charge is 0.233 e. The molecule has 0 aliphatic heterocycles. The molecular weight excluding hydrogens is 401 g/mol. The van der Waals surface area contributed by atoms with Gasteiger partial charge in [-0.25, -0.2) is 0 Å². The Hall–Kier alpha value is -2.08. The van der Waals surface area contributed by atoms with Crippen LogP contribution in [-0.4, -0.2) is 26.5 Å². The van der Waals surface area contributed by atoms with E-state index in [-0.39, 0.29) is 11.7 Å². The lowest BCUT2D eigenvalue weighted by Gasteiger charge is -2.23. The van der Waals surface area contributed by atoms with Crippen LogP contribution in [0.15, 0.2) is 72.1 Å². The van der Waals surface area contributed by atoms with Crippen LogP contribution in [-0.2, 0) is 17.9 Å². The Kier molecular flexibility index (Phi) is 7.10. The number of hydrogen-bond donors (Lipinski definition) is 0.